The second-order valence-electron chi connectivity index (χ2n) is 7.96. The van der Waals surface area contributed by atoms with Crippen molar-refractivity contribution in [2.45, 2.75) is 12.8 Å². The zero-order valence-corrected chi connectivity index (χ0v) is 17.9. The van der Waals surface area contributed by atoms with Gasteiger partial charge >= 0.3 is 0 Å². The SMILES string of the molecule is O=C([O-])[C@H]1CC=CC[C@@H]1C(=O)Nc1ccc(N2CCN(c3ccc(Cl)cc3)CC2)cc1. The first kappa shape index (κ1) is 21.2. The normalized spacial score (nSPS) is 21.1. The van der Waals surface area contributed by atoms with Crippen LogP contribution in [0.2, 0.25) is 5.02 Å². The van der Waals surface area contributed by atoms with E-state index in [1.165, 1.54) is 5.69 Å². The summed E-state index contributed by atoms with van der Waals surface area (Å²) in [6, 6.07) is 15.6. The molecule has 4 rings (SSSR count). The molecule has 2 aliphatic rings. The van der Waals surface area contributed by atoms with Crippen LogP contribution in [0.4, 0.5) is 17.1 Å². The standard InChI is InChI=1S/C24H26ClN3O3/c25-17-5-9-19(10-6-17)27-13-15-28(16-14-27)20-11-7-18(8-12-20)26-23(29)21-3-1-2-4-22(21)24(30)31/h1-2,5-12,21-22H,3-4,13-16H2,(H,26,29)(H,30,31)/p-1/t21-,22-/m0/s1. The summed E-state index contributed by atoms with van der Waals surface area (Å²) in [5.41, 5.74) is 2.94. The number of hydrogen-bond donors (Lipinski definition) is 1. The van der Waals surface area contributed by atoms with Gasteiger partial charge in [-0.3, -0.25) is 4.79 Å². The molecule has 6 nitrogen and oxygen atoms in total. The maximum absolute atomic E-state index is 12.6. The second-order valence-corrected chi connectivity index (χ2v) is 8.40. The summed E-state index contributed by atoms with van der Waals surface area (Å²) in [6.45, 7) is 3.63. The monoisotopic (exact) mass is 438 g/mol. The third-order valence-electron chi connectivity index (χ3n) is 6.04. The van der Waals surface area contributed by atoms with Crippen LogP contribution in [0, 0.1) is 11.8 Å². The third kappa shape index (κ3) is 5.02. The van der Waals surface area contributed by atoms with Crippen molar-refractivity contribution < 1.29 is 14.7 Å². The van der Waals surface area contributed by atoms with Crippen molar-refractivity contribution in [3.63, 3.8) is 0 Å². The lowest BCUT2D eigenvalue weighted by molar-refractivity contribution is -0.313. The van der Waals surface area contributed by atoms with E-state index >= 15 is 0 Å². The van der Waals surface area contributed by atoms with Crippen molar-refractivity contribution >= 4 is 40.5 Å². The molecule has 7 heteroatoms. The van der Waals surface area contributed by atoms with E-state index in [1.807, 2.05) is 54.6 Å². The fourth-order valence-corrected chi connectivity index (χ4v) is 4.36. The number of carbonyl (C=O) groups is 2. The predicted molar refractivity (Wildman–Crippen MR) is 121 cm³/mol. The molecule has 1 heterocycles. The van der Waals surface area contributed by atoms with Gasteiger partial charge in [-0.2, -0.15) is 0 Å². The molecule has 2 aromatic rings. The molecule has 1 N–H and O–H groups in total. The van der Waals surface area contributed by atoms with Gasteiger partial charge in [0.1, 0.15) is 0 Å². The molecule has 2 aromatic carbocycles. The molecule has 0 saturated carbocycles. The molecule has 0 unspecified atom stereocenters. The Balaban J connectivity index is 1.33. The quantitative estimate of drug-likeness (QED) is 0.726. The molecule has 0 aromatic heterocycles. The molecule has 0 bridgehead atoms. The van der Waals surface area contributed by atoms with Crippen molar-refractivity contribution in [2.75, 3.05) is 41.3 Å². The van der Waals surface area contributed by atoms with Gasteiger partial charge in [0.05, 0.1) is 5.92 Å². The number of aliphatic carboxylic acids is 1. The van der Waals surface area contributed by atoms with E-state index in [2.05, 4.69) is 15.1 Å². The molecule has 1 aliphatic carbocycles. The number of amides is 1. The van der Waals surface area contributed by atoms with Gasteiger partial charge < -0.3 is 25.0 Å². The van der Waals surface area contributed by atoms with Crippen LogP contribution in [0.5, 0.6) is 0 Å². The van der Waals surface area contributed by atoms with Crippen LogP contribution in [0.25, 0.3) is 0 Å². The van der Waals surface area contributed by atoms with Crippen LogP contribution in [0.15, 0.2) is 60.7 Å². The van der Waals surface area contributed by atoms with Crippen molar-refractivity contribution in [3.8, 4) is 0 Å². The lowest BCUT2D eigenvalue weighted by Crippen LogP contribution is -2.46. The summed E-state index contributed by atoms with van der Waals surface area (Å²) in [5, 5.41) is 14.9. The van der Waals surface area contributed by atoms with Gasteiger partial charge in [0.15, 0.2) is 0 Å². The second kappa shape index (κ2) is 9.43. The van der Waals surface area contributed by atoms with Crippen LogP contribution in [0.1, 0.15) is 12.8 Å². The van der Waals surface area contributed by atoms with Gasteiger partial charge in [0, 0.05) is 60.2 Å². The Bertz CT molecular complexity index is 951. The van der Waals surface area contributed by atoms with Crippen molar-refractivity contribution in [1.29, 1.82) is 0 Å². The van der Waals surface area contributed by atoms with Crippen LogP contribution >= 0.6 is 11.6 Å². The summed E-state index contributed by atoms with van der Waals surface area (Å²) < 4.78 is 0. The number of piperazine rings is 1. The van der Waals surface area contributed by atoms with E-state index in [4.69, 9.17) is 11.6 Å². The molecular weight excluding hydrogens is 414 g/mol. The van der Waals surface area contributed by atoms with Crippen molar-refractivity contribution in [2.24, 2.45) is 11.8 Å². The minimum absolute atomic E-state index is 0.275. The highest BCUT2D eigenvalue weighted by Crippen LogP contribution is 2.28. The molecule has 31 heavy (non-hydrogen) atoms. The molecule has 2 atom stereocenters. The van der Waals surface area contributed by atoms with Gasteiger partial charge in [-0.25, -0.2) is 0 Å². The maximum Gasteiger partial charge on any atom is 0.228 e. The lowest BCUT2D eigenvalue weighted by Gasteiger charge is -2.37. The average Bonchev–Trinajstić information content (AvgIpc) is 2.80. The first-order valence-corrected chi connectivity index (χ1v) is 10.9. The first-order chi connectivity index (χ1) is 15.0. The highest BCUT2D eigenvalue weighted by atomic mass is 35.5. The van der Waals surface area contributed by atoms with Gasteiger partial charge in [-0.15, -0.1) is 0 Å². The Morgan fingerprint density at radius 1 is 0.806 bits per heavy atom. The Hall–Kier alpha value is -2.99. The van der Waals surface area contributed by atoms with E-state index in [9.17, 15) is 14.7 Å². The fourth-order valence-electron chi connectivity index (χ4n) is 4.23. The van der Waals surface area contributed by atoms with Crippen LogP contribution in [-0.2, 0) is 9.59 Å². The summed E-state index contributed by atoms with van der Waals surface area (Å²) in [4.78, 5) is 28.6. The molecule has 1 aliphatic heterocycles. The number of benzene rings is 2. The molecule has 1 amide bonds. The number of carboxylic acid groups (broad SMARTS) is 1. The minimum atomic E-state index is -1.17. The highest BCUT2D eigenvalue weighted by Gasteiger charge is 2.29. The highest BCUT2D eigenvalue weighted by molar-refractivity contribution is 6.30. The summed E-state index contributed by atoms with van der Waals surface area (Å²) in [5.74, 6) is -2.82. The Kier molecular flexibility index (Phi) is 6.47. The number of nitrogens with zero attached hydrogens (tertiary/aromatic N) is 2. The van der Waals surface area contributed by atoms with Gasteiger partial charge in [-0.05, 0) is 61.4 Å². The molecule has 0 spiro atoms. The summed E-state index contributed by atoms with van der Waals surface area (Å²) in [7, 11) is 0. The molecule has 1 fully saturated rings. The summed E-state index contributed by atoms with van der Waals surface area (Å²) >= 11 is 5.98. The smallest absolute Gasteiger partial charge is 0.228 e. The number of rotatable bonds is 5. The number of halogens is 1. The Morgan fingerprint density at radius 2 is 1.29 bits per heavy atom. The van der Waals surface area contributed by atoms with Crippen LogP contribution in [-0.4, -0.2) is 38.1 Å². The molecule has 162 valence electrons. The van der Waals surface area contributed by atoms with E-state index in [1.54, 1.807) is 6.08 Å². The Morgan fingerprint density at radius 3 is 1.81 bits per heavy atom. The van der Waals surface area contributed by atoms with Crippen LogP contribution in [0.3, 0.4) is 0 Å². The number of anilines is 3. The first-order valence-electron chi connectivity index (χ1n) is 10.5. The summed E-state index contributed by atoms with van der Waals surface area (Å²) in [6.07, 6.45) is 4.41. The maximum atomic E-state index is 12.6. The van der Waals surface area contributed by atoms with E-state index in [0.717, 1.165) is 36.9 Å². The average molecular weight is 439 g/mol. The van der Waals surface area contributed by atoms with E-state index in [-0.39, 0.29) is 5.91 Å². The fraction of sp³-hybridized carbons (Fsp3) is 0.333. The number of carboxylic acids is 1. The van der Waals surface area contributed by atoms with E-state index < -0.39 is 17.8 Å². The Labute approximate surface area is 187 Å². The number of carbonyl (C=O) groups excluding carboxylic acids is 2. The number of nitrogens with one attached hydrogen (secondary N) is 1. The largest absolute Gasteiger partial charge is 0.550 e. The minimum Gasteiger partial charge on any atom is -0.550 e. The van der Waals surface area contributed by atoms with E-state index in [0.29, 0.717) is 18.5 Å². The molecule has 0 radical (unpaired) electrons. The zero-order chi connectivity index (χ0) is 21.8. The van der Waals surface area contributed by atoms with Gasteiger partial charge in [-0.1, -0.05) is 23.8 Å². The lowest BCUT2D eigenvalue weighted by atomic mass is 9.82. The topological polar surface area (TPSA) is 75.7 Å². The molecule has 1 saturated heterocycles. The third-order valence-corrected chi connectivity index (χ3v) is 6.30. The zero-order valence-electron chi connectivity index (χ0n) is 17.2. The number of hydrogen-bond acceptors (Lipinski definition) is 5. The van der Waals surface area contributed by atoms with Crippen LogP contribution < -0.4 is 20.2 Å². The van der Waals surface area contributed by atoms with Gasteiger partial charge in [0.25, 0.3) is 0 Å². The molecular formula is C24H25ClN3O3-. The number of allylic oxidation sites excluding steroid dienone is 2. The van der Waals surface area contributed by atoms with Gasteiger partial charge in [0.2, 0.25) is 5.91 Å². The van der Waals surface area contributed by atoms with Crippen molar-refractivity contribution in [1.82, 2.24) is 0 Å². The van der Waals surface area contributed by atoms with Crippen molar-refractivity contribution in [3.05, 3.63) is 65.7 Å². The predicted octanol–water partition coefficient (Wildman–Crippen LogP) is 2.94.